The lowest BCUT2D eigenvalue weighted by Crippen LogP contribution is -2.42. The summed E-state index contributed by atoms with van der Waals surface area (Å²) in [6.45, 7) is 7.94. The van der Waals surface area contributed by atoms with E-state index in [0.29, 0.717) is 29.8 Å². The van der Waals surface area contributed by atoms with E-state index in [1.807, 2.05) is 6.92 Å². The van der Waals surface area contributed by atoms with Crippen LogP contribution in [0.25, 0.3) is 0 Å². The molecular formula is C17H28N2O3S2. The molecule has 0 aliphatic carbocycles. The molecule has 1 aliphatic rings. The average Bonchev–Trinajstić information content (AvgIpc) is 3.09. The van der Waals surface area contributed by atoms with E-state index in [1.165, 1.54) is 11.3 Å². The SMILES string of the molecule is CC(C)CCNC(=O)[C@@H](C)C1CCN(S(=O)(=O)c2cccs2)CC1. The van der Waals surface area contributed by atoms with Crippen molar-refractivity contribution in [2.24, 2.45) is 17.8 Å². The highest BCUT2D eigenvalue weighted by molar-refractivity contribution is 7.91. The number of hydrogen-bond donors (Lipinski definition) is 1. The van der Waals surface area contributed by atoms with Crippen LogP contribution in [0.4, 0.5) is 0 Å². The Hall–Kier alpha value is -0.920. The van der Waals surface area contributed by atoms with Gasteiger partial charge in [-0.1, -0.05) is 26.8 Å². The zero-order valence-electron chi connectivity index (χ0n) is 14.7. The smallest absolute Gasteiger partial charge is 0.252 e. The van der Waals surface area contributed by atoms with E-state index in [2.05, 4.69) is 19.2 Å². The van der Waals surface area contributed by atoms with Gasteiger partial charge in [0.25, 0.3) is 10.0 Å². The second-order valence-electron chi connectivity index (χ2n) is 6.94. The predicted molar refractivity (Wildman–Crippen MR) is 97.4 cm³/mol. The number of amides is 1. The normalized spacial score (nSPS) is 18.7. The van der Waals surface area contributed by atoms with Gasteiger partial charge in [-0.2, -0.15) is 4.31 Å². The van der Waals surface area contributed by atoms with E-state index < -0.39 is 10.0 Å². The summed E-state index contributed by atoms with van der Waals surface area (Å²) in [7, 11) is -3.36. The number of hydrogen-bond acceptors (Lipinski definition) is 4. The molecule has 0 unspecified atom stereocenters. The first-order valence-corrected chi connectivity index (χ1v) is 11.0. The number of thiophene rings is 1. The van der Waals surface area contributed by atoms with Crippen molar-refractivity contribution in [3.63, 3.8) is 0 Å². The summed E-state index contributed by atoms with van der Waals surface area (Å²) in [5, 5.41) is 4.79. The van der Waals surface area contributed by atoms with E-state index >= 15 is 0 Å². The molecule has 1 aliphatic heterocycles. The summed E-state index contributed by atoms with van der Waals surface area (Å²) in [6, 6.07) is 3.41. The van der Waals surface area contributed by atoms with Gasteiger partial charge in [0, 0.05) is 25.6 Å². The van der Waals surface area contributed by atoms with Crippen LogP contribution in [-0.4, -0.2) is 38.3 Å². The van der Waals surface area contributed by atoms with Gasteiger partial charge in [0.05, 0.1) is 0 Å². The van der Waals surface area contributed by atoms with E-state index in [0.717, 1.165) is 19.3 Å². The second kappa shape index (κ2) is 8.45. The lowest BCUT2D eigenvalue weighted by Gasteiger charge is -2.33. The molecule has 7 heteroatoms. The van der Waals surface area contributed by atoms with Gasteiger partial charge >= 0.3 is 0 Å². The molecule has 0 aromatic carbocycles. The van der Waals surface area contributed by atoms with Crippen molar-refractivity contribution < 1.29 is 13.2 Å². The lowest BCUT2D eigenvalue weighted by molar-refractivity contribution is -0.126. The average molecular weight is 373 g/mol. The second-order valence-corrected chi connectivity index (χ2v) is 10.0. The molecule has 0 saturated carbocycles. The standard InChI is InChI=1S/C17H28N2O3S2/c1-13(2)6-9-18-17(20)14(3)15-7-10-19(11-8-15)24(21,22)16-5-4-12-23-16/h4-5,12-15H,6-11H2,1-3H3,(H,18,20)/t14-/m0/s1. The maximum atomic E-state index is 12.5. The summed E-state index contributed by atoms with van der Waals surface area (Å²) in [4.78, 5) is 12.2. The van der Waals surface area contributed by atoms with E-state index in [4.69, 9.17) is 0 Å². The summed E-state index contributed by atoms with van der Waals surface area (Å²) in [6.07, 6.45) is 2.46. The van der Waals surface area contributed by atoms with Crippen molar-refractivity contribution in [3.8, 4) is 0 Å². The minimum Gasteiger partial charge on any atom is -0.356 e. The maximum absolute atomic E-state index is 12.5. The van der Waals surface area contributed by atoms with Crippen molar-refractivity contribution in [1.29, 1.82) is 0 Å². The highest BCUT2D eigenvalue weighted by atomic mass is 32.2. The Balaban J connectivity index is 1.85. The number of rotatable bonds is 7. The molecule has 1 fully saturated rings. The van der Waals surface area contributed by atoms with Crippen LogP contribution in [0, 0.1) is 17.8 Å². The number of nitrogens with one attached hydrogen (secondary N) is 1. The Morgan fingerprint density at radius 2 is 2.00 bits per heavy atom. The van der Waals surface area contributed by atoms with Crippen LogP contribution in [0.5, 0.6) is 0 Å². The van der Waals surface area contributed by atoms with Gasteiger partial charge in [-0.05, 0) is 42.5 Å². The molecule has 2 heterocycles. The van der Waals surface area contributed by atoms with Crippen LogP contribution in [0.3, 0.4) is 0 Å². The van der Waals surface area contributed by atoms with Crippen LogP contribution in [0.15, 0.2) is 21.7 Å². The van der Waals surface area contributed by atoms with Gasteiger partial charge in [-0.15, -0.1) is 11.3 Å². The number of carbonyl (C=O) groups is 1. The Labute approximate surface area is 149 Å². The number of sulfonamides is 1. The fraction of sp³-hybridized carbons (Fsp3) is 0.706. The molecule has 0 bridgehead atoms. The summed E-state index contributed by atoms with van der Waals surface area (Å²) >= 11 is 1.25. The van der Waals surface area contributed by atoms with E-state index in [-0.39, 0.29) is 17.7 Å². The molecule has 1 amide bonds. The first-order valence-electron chi connectivity index (χ1n) is 8.63. The number of nitrogens with zero attached hydrogens (tertiary/aromatic N) is 1. The number of piperidine rings is 1. The molecule has 0 radical (unpaired) electrons. The highest BCUT2D eigenvalue weighted by Crippen LogP contribution is 2.29. The summed E-state index contributed by atoms with van der Waals surface area (Å²) in [5.41, 5.74) is 0. The molecule has 24 heavy (non-hydrogen) atoms. The molecule has 1 aromatic heterocycles. The first-order chi connectivity index (χ1) is 11.3. The Bertz CT molecular complexity index is 618. The molecule has 1 N–H and O–H groups in total. The van der Waals surface area contributed by atoms with E-state index in [1.54, 1.807) is 21.8 Å². The minimum atomic E-state index is -3.36. The van der Waals surface area contributed by atoms with Crippen LogP contribution in [-0.2, 0) is 14.8 Å². The third kappa shape index (κ3) is 4.80. The van der Waals surface area contributed by atoms with Gasteiger partial charge in [0.15, 0.2) is 0 Å². The summed E-state index contributed by atoms with van der Waals surface area (Å²) in [5.74, 6) is 0.851. The van der Waals surface area contributed by atoms with Gasteiger partial charge in [0.1, 0.15) is 4.21 Å². The molecule has 136 valence electrons. The molecule has 5 nitrogen and oxygen atoms in total. The lowest BCUT2D eigenvalue weighted by atomic mass is 9.85. The molecule has 0 spiro atoms. The Kier molecular flexibility index (Phi) is 6.83. The Morgan fingerprint density at radius 1 is 1.33 bits per heavy atom. The quantitative estimate of drug-likeness (QED) is 0.800. The van der Waals surface area contributed by atoms with Crippen molar-refractivity contribution in [3.05, 3.63) is 17.5 Å². The molecule has 2 rings (SSSR count). The van der Waals surface area contributed by atoms with Crippen molar-refractivity contribution in [2.75, 3.05) is 19.6 Å². The molecule has 1 saturated heterocycles. The maximum Gasteiger partial charge on any atom is 0.252 e. The van der Waals surface area contributed by atoms with Gasteiger partial charge in [-0.25, -0.2) is 8.42 Å². The van der Waals surface area contributed by atoms with Crippen molar-refractivity contribution in [2.45, 2.75) is 44.2 Å². The van der Waals surface area contributed by atoms with Crippen LogP contribution in [0.2, 0.25) is 0 Å². The van der Waals surface area contributed by atoms with Crippen LogP contribution in [0.1, 0.15) is 40.0 Å². The van der Waals surface area contributed by atoms with Gasteiger partial charge in [0.2, 0.25) is 5.91 Å². The summed E-state index contributed by atoms with van der Waals surface area (Å²) < 4.78 is 27.0. The number of carbonyl (C=O) groups excluding carboxylic acids is 1. The highest BCUT2D eigenvalue weighted by Gasteiger charge is 2.33. The zero-order valence-corrected chi connectivity index (χ0v) is 16.3. The van der Waals surface area contributed by atoms with Crippen LogP contribution >= 0.6 is 11.3 Å². The van der Waals surface area contributed by atoms with Crippen molar-refractivity contribution in [1.82, 2.24) is 9.62 Å². The van der Waals surface area contributed by atoms with Gasteiger partial charge < -0.3 is 5.32 Å². The van der Waals surface area contributed by atoms with E-state index in [9.17, 15) is 13.2 Å². The topological polar surface area (TPSA) is 66.5 Å². The van der Waals surface area contributed by atoms with Crippen molar-refractivity contribution >= 4 is 27.3 Å². The van der Waals surface area contributed by atoms with Crippen LogP contribution < -0.4 is 5.32 Å². The Morgan fingerprint density at radius 3 is 2.54 bits per heavy atom. The predicted octanol–water partition coefficient (Wildman–Crippen LogP) is 2.95. The molecule has 1 aromatic rings. The van der Waals surface area contributed by atoms with Gasteiger partial charge in [-0.3, -0.25) is 4.79 Å². The minimum absolute atomic E-state index is 0.0660. The third-order valence-electron chi connectivity index (χ3n) is 4.73. The molecular weight excluding hydrogens is 344 g/mol. The zero-order chi connectivity index (χ0) is 17.7. The fourth-order valence-corrected chi connectivity index (χ4v) is 5.63. The molecule has 1 atom stereocenters. The largest absolute Gasteiger partial charge is 0.356 e. The third-order valence-corrected chi connectivity index (χ3v) is 8.00. The fourth-order valence-electron chi connectivity index (χ4n) is 3.01. The first kappa shape index (κ1) is 19.4. The monoisotopic (exact) mass is 372 g/mol.